The van der Waals surface area contributed by atoms with Crippen LogP contribution in [-0.2, 0) is 20.8 Å². The highest BCUT2D eigenvalue weighted by molar-refractivity contribution is 6.14. The minimum atomic E-state index is -0.559. The van der Waals surface area contributed by atoms with Gasteiger partial charge in [0.15, 0.2) is 5.78 Å². The zero-order valence-corrected chi connectivity index (χ0v) is 12.0. The molecule has 2 atom stereocenters. The summed E-state index contributed by atoms with van der Waals surface area (Å²) in [5.41, 5.74) is 1.95. The largest absolute Gasteiger partial charge is 0.300 e. The fraction of sp³-hybridized carbons (Fsp3) is 0.471. The first-order valence-electron chi connectivity index (χ1n) is 7.13. The van der Waals surface area contributed by atoms with E-state index in [1.165, 1.54) is 0 Å². The Kier molecular flexibility index (Phi) is 4.48. The van der Waals surface area contributed by atoms with E-state index in [9.17, 15) is 14.4 Å². The Balaban J connectivity index is 2.03. The Morgan fingerprint density at radius 1 is 1.20 bits per heavy atom. The van der Waals surface area contributed by atoms with Crippen molar-refractivity contribution in [2.75, 3.05) is 0 Å². The summed E-state index contributed by atoms with van der Waals surface area (Å²) < 4.78 is 0. The summed E-state index contributed by atoms with van der Waals surface area (Å²) in [5.74, 6) is -0.428. The van der Waals surface area contributed by atoms with Crippen molar-refractivity contribution in [1.82, 2.24) is 0 Å². The SMILES string of the molecule is CC(=O)CCCc1ccc(C2C(=O)CC(C)C2=O)cc1. The number of rotatable bonds is 5. The van der Waals surface area contributed by atoms with Crippen molar-refractivity contribution in [2.24, 2.45) is 5.92 Å². The topological polar surface area (TPSA) is 51.2 Å². The second-order valence-corrected chi connectivity index (χ2v) is 5.70. The van der Waals surface area contributed by atoms with Crippen molar-refractivity contribution in [3.63, 3.8) is 0 Å². The van der Waals surface area contributed by atoms with Crippen LogP contribution in [0.3, 0.4) is 0 Å². The lowest BCUT2D eigenvalue weighted by atomic mass is 9.93. The zero-order chi connectivity index (χ0) is 14.7. The molecule has 0 heterocycles. The summed E-state index contributed by atoms with van der Waals surface area (Å²) in [5, 5.41) is 0. The molecule has 0 N–H and O–H groups in total. The highest BCUT2D eigenvalue weighted by Crippen LogP contribution is 2.32. The van der Waals surface area contributed by atoms with Crippen LogP contribution in [0, 0.1) is 5.92 Å². The molecule has 0 radical (unpaired) electrons. The Morgan fingerprint density at radius 2 is 1.85 bits per heavy atom. The van der Waals surface area contributed by atoms with Crippen molar-refractivity contribution in [3.05, 3.63) is 35.4 Å². The average Bonchev–Trinajstić information content (AvgIpc) is 2.64. The van der Waals surface area contributed by atoms with Crippen LogP contribution in [0.25, 0.3) is 0 Å². The van der Waals surface area contributed by atoms with Crippen molar-refractivity contribution in [3.8, 4) is 0 Å². The van der Waals surface area contributed by atoms with Crippen LogP contribution in [-0.4, -0.2) is 17.3 Å². The van der Waals surface area contributed by atoms with Crippen LogP contribution in [0.15, 0.2) is 24.3 Å². The summed E-state index contributed by atoms with van der Waals surface area (Å²) in [6.45, 7) is 3.41. The first-order chi connectivity index (χ1) is 9.49. The van der Waals surface area contributed by atoms with Gasteiger partial charge < -0.3 is 4.79 Å². The van der Waals surface area contributed by atoms with Crippen LogP contribution >= 0.6 is 0 Å². The molecular weight excluding hydrogens is 252 g/mol. The van der Waals surface area contributed by atoms with Gasteiger partial charge in [-0.2, -0.15) is 0 Å². The number of carbonyl (C=O) groups excluding carboxylic acids is 3. The molecule has 1 fully saturated rings. The zero-order valence-electron chi connectivity index (χ0n) is 12.0. The first kappa shape index (κ1) is 14.6. The molecule has 0 aliphatic heterocycles. The predicted molar refractivity (Wildman–Crippen MR) is 76.6 cm³/mol. The predicted octanol–water partition coefficient (Wildman–Crippen LogP) is 2.86. The second-order valence-electron chi connectivity index (χ2n) is 5.70. The smallest absolute Gasteiger partial charge is 0.150 e. The highest BCUT2D eigenvalue weighted by atomic mass is 16.2. The third-order valence-corrected chi connectivity index (χ3v) is 3.91. The van der Waals surface area contributed by atoms with Crippen LogP contribution in [0.2, 0.25) is 0 Å². The average molecular weight is 272 g/mol. The van der Waals surface area contributed by atoms with E-state index < -0.39 is 5.92 Å². The number of Topliss-reactive ketones (excluding diaryl/α,β-unsaturated/α-hetero) is 3. The molecule has 0 saturated heterocycles. The number of hydrogen-bond acceptors (Lipinski definition) is 3. The molecule has 1 aromatic carbocycles. The summed E-state index contributed by atoms with van der Waals surface area (Å²) in [4.78, 5) is 34.7. The van der Waals surface area contributed by atoms with Gasteiger partial charge in [0.25, 0.3) is 0 Å². The van der Waals surface area contributed by atoms with Crippen molar-refractivity contribution >= 4 is 17.3 Å². The van der Waals surface area contributed by atoms with Gasteiger partial charge >= 0.3 is 0 Å². The molecule has 3 nitrogen and oxygen atoms in total. The van der Waals surface area contributed by atoms with E-state index >= 15 is 0 Å². The van der Waals surface area contributed by atoms with Crippen molar-refractivity contribution < 1.29 is 14.4 Å². The standard InChI is InChI=1S/C17H20O3/c1-11-10-15(19)16(17(11)20)14-8-6-13(7-9-14)5-3-4-12(2)18/h6-9,11,16H,3-5,10H2,1-2H3. The summed E-state index contributed by atoms with van der Waals surface area (Å²) in [6.07, 6.45) is 2.65. The van der Waals surface area contributed by atoms with Gasteiger partial charge in [-0.3, -0.25) is 9.59 Å². The molecule has 0 amide bonds. The molecule has 0 aromatic heterocycles. The monoisotopic (exact) mass is 272 g/mol. The molecule has 1 saturated carbocycles. The maximum absolute atomic E-state index is 12.0. The Bertz CT molecular complexity index is 528. The lowest BCUT2D eigenvalue weighted by molar-refractivity contribution is -0.124. The van der Waals surface area contributed by atoms with Crippen LogP contribution in [0.4, 0.5) is 0 Å². The van der Waals surface area contributed by atoms with Gasteiger partial charge in [-0.05, 0) is 30.9 Å². The molecule has 20 heavy (non-hydrogen) atoms. The number of carbonyl (C=O) groups is 3. The summed E-state index contributed by atoms with van der Waals surface area (Å²) in [7, 11) is 0. The second kappa shape index (κ2) is 6.12. The van der Waals surface area contributed by atoms with Gasteiger partial charge in [0.05, 0.1) is 0 Å². The molecule has 1 aromatic rings. The van der Waals surface area contributed by atoms with Gasteiger partial charge in [-0.15, -0.1) is 0 Å². The number of ketones is 3. The minimum Gasteiger partial charge on any atom is -0.300 e. The molecule has 0 spiro atoms. The van der Waals surface area contributed by atoms with Gasteiger partial charge in [0, 0.05) is 18.8 Å². The fourth-order valence-electron chi connectivity index (χ4n) is 2.73. The van der Waals surface area contributed by atoms with Gasteiger partial charge in [0.1, 0.15) is 17.5 Å². The first-order valence-corrected chi connectivity index (χ1v) is 7.13. The normalized spacial score (nSPS) is 22.3. The fourth-order valence-corrected chi connectivity index (χ4v) is 2.73. The van der Waals surface area contributed by atoms with E-state index in [0.29, 0.717) is 12.8 Å². The van der Waals surface area contributed by atoms with E-state index in [4.69, 9.17) is 0 Å². The Morgan fingerprint density at radius 3 is 2.35 bits per heavy atom. The highest BCUT2D eigenvalue weighted by Gasteiger charge is 2.39. The molecule has 1 aliphatic carbocycles. The molecule has 2 unspecified atom stereocenters. The van der Waals surface area contributed by atoms with E-state index in [2.05, 4.69) is 0 Å². The Hall–Kier alpha value is -1.77. The molecule has 106 valence electrons. The van der Waals surface area contributed by atoms with Gasteiger partial charge in [-0.1, -0.05) is 31.2 Å². The molecule has 3 heteroatoms. The quantitative estimate of drug-likeness (QED) is 0.774. The lowest BCUT2D eigenvalue weighted by Gasteiger charge is -2.09. The Labute approximate surface area is 119 Å². The number of aryl methyl sites for hydroxylation is 1. The van der Waals surface area contributed by atoms with Crippen LogP contribution in [0.1, 0.15) is 50.2 Å². The summed E-state index contributed by atoms with van der Waals surface area (Å²) >= 11 is 0. The van der Waals surface area contributed by atoms with E-state index in [1.807, 2.05) is 31.2 Å². The lowest BCUT2D eigenvalue weighted by Crippen LogP contribution is -2.14. The summed E-state index contributed by atoms with van der Waals surface area (Å²) in [6, 6.07) is 7.67. The van der Waals surface area contributed by atoms with Crippen LogP contribution in [0.5, 0.6) is 0 Å². The van der Waals surface area contributed by atoms with Gasteiger partial charge in [0.2, 0.25) is 0 Å². The maximum atomic E-state index is 12.0. The molecule has 0 bridgehead atoms. The van der Waals surface area contributed by atoms with Crippen molar-refractivity contribution in [1.29, 1.82) is 0 Å². The third-order valence-electron chi connectivity index (χ3n) is 3.91. The molecule has 2 rings (SSSR count). The van der Waals surface area contributed by atoms with Crippen LogP contribution < -0.4 is 0 Å². The maximum Gasteiger partial charge on any atom is 0.150 e. The minimum absolute atomic E-state index is 0.0341. The number of hydrogen-bond donors (Lipinski definition) is 0. The van der Waals surface area contributed by atoms with Crippen molar-refractivity contribution in [2.45, 2.75) is 45.4 Å². The van der Waals surface area contributed by atoms with Gasteiger partial charge in [-0.25, -0.2) is 0 Å². The third kappa shape index (κ3) is 3.21. The number of benzene rings is 1. The van der Waals surface area contributed by atoms with E-state index in [1.54, 1.807) is 6.92 Å². The van der Waals surface area contributed by atoms with E-state index in [0.717, 1.165) is 24.0 Å². The van der Waals surface area contributed by atoms with E-state index in [-0.39, 0.29) is 23.3 Å². The molecule has 1 aliphatic rings. The molecular formula is C17H20O3.